The fourth-order valence-electron chi connectivity index (χ4n) is 3.42. The summed E-state index contributed by atoms with van der Waals surface area (Å²) < 4.78 is 53.1. The quantitative estimate of drug-likeness (QED) is 0.659. The van der Waals surface area contributed by atoms with Crippen molar-refractivity contribution in [1.29, 1.82) is 0 Å². The molecule has 0 unspecified atom stereocenters. The van der Waals surface area contributed by atoms with Crippen LogP contribution in [0.3, 0.4) is 0 Å². The van der Waals surface area contributed by atoms with Crippen LogP contribution in [0.5, 0.6) is 0 Å². The number of hydrogen-bond donors (Lipinski definition) is 0. The van der Waals surface area contributed by atoms with Crippen LogP contribution >= 0.6 is 0 Å². The number of nitrogens with zero attached hydrogens (tertiary/aromatic N) is 2. The van der Waals surface area contributed by atoms with Crippen LogP contribution in [-0.4, -0.2) is 49.7 Å². The molecule has 29 heavy (non-hydrogen) atoms. The van der Waals surface area contributed by atoms with E-state index in [1.807, 2.05) is 36.4 Å². The largest absolute Gasteiger partial charge is 0.336 e. The van der Waals surface area contributed by atoms with E-state index in [1.165, 1.54) is 4.31 Å². The van der Waals surface area contributed by atoms with E-state index in [4.69, 9.17) is 0 Å². The molecule has 3 aromatic carbocycles. The fraction of sp³-hybridized carbons (Fsp3) is 0.190. The van der Waals surface area contributed by atoms with Crippen LogP contribution in [0.1, 0.15) is 10.4 Å². The Balaban J connectivity index is 1.48. The molecule has 0 N–H and O–H groups in total. The summed E-state index contributed by atoms with van der Waals surface area (Å²) in [5.74, 6) is -2.48. The third kappa shape index (κ3) is 3.73. The number of benzene rings is 3. The van der Waals surface area contributed by atoms with Crippen molar-refractivity contribution in [2.45, 2.75) is 4.90 Å². The summed E-state index contributed by atoms with van der Waals surface area (Å²) in [5.41, 5.74) is 0.542. The Hall–Kier alpha value is -2.84. The zero-order chi connectivity index (χ0) is 20.6. The molecule has 1 aliphatic heterocycles. The maximum Gasteiger partial charge on any atom is 0.253 e. The molecule has 1 heterocycles. The van der Waals surface area contributed by atoms with Crippen LogP contribution < -0.4 is 0 Å². The molecular weight excluding hydrogens is 398 g/mol. The van der Waals surface area contributed by atoms with Crippen molar-refractivity contribution in [1.82, 2.24) is 9.21 Å². The van der Waals surface area contributed by atoms with Gasteiger partial charge in [-0.3, -0.25) is 4.79 Å². The number of amides is 1. The lowest BCUT2D eigenvalue weighted by Crippen LogP contribution is -2.50. The van der Waals surface area contributed by atoms with E-state index < -0.39 is 21.7 Å². The van der Waals surface area contributed by atoms with Crippen LogP contribution in [-0.2, 0) is 10.0 Å². The summed E-state index contributed by atoms with van der Waals surface area (Å²) in [6.45, 7) is 0.602. The van der Waals surface area contributed by atoms with Gasteiger partial charge in [-0.05, 0) is 41.1 Å². The van der Waals surface area contributed by atoms with Gasteiger partial charge in [0.05, 0.1) is 4.90 Å². The molecule has 1 amide bonds. The summed E-state index contributed by atoms with van der Waals surface area (Å²) >= 11 is 0. The van der Waals surface area contributed by atoms with Crippen LogP contribution in [0.25, 0.3) is 10.8 Å². The van der Waals surface area contributed by atoms with Crippen LogP contribution in [0, 0.1) is 11.6 Å². The van der Waals surface area contributed by atoms with Crippen molar-refractivity contribution in [3.8, 4) is 0 Å². The monoisotopic (exact) mass is 416 g/mol. The lowest BCUT2D eigenvalue weighted by Gasteiger charge is -2.34. The normalized spacial score (nSPS) is 15.6. The minimum absolute atomic E-state index is 0.0840. The highest BCUT2D eigenvalue weighted by atomic mass is 32.2. The van der Waals surface area contributed by atoms with Gasteiger partial charge >= 0.3 is 0 Å². The van der Waals surface area contributed by atoms with E-state index in [1.54, 1.807) is 11.0 Å². The smallest absolute Gasteiger partial charge is 0.253 e. The number of fused-ring (bicyclic) bond motifs is 1. The standard InChI is InChI=1S/C21H18F2N2O3S/c22-19-8-7-18(14-20(19)23)29(27,28)25-11-9-24(10-12-25)21(26)17-6-5-15-3-1-2-4-16(15)13-17/h1-8,13-14H,9-12H2. The molecular formula is C21H18F2N2O3S. The van der Waals surface area contributed by atoms with Gasteiger partial charge in [0.15, 0.2) is 11.6 Å². The molecule has 0 radical (unpaired) electrons. The molecule has 0 saturated carbocycles. The summed E-state index contributed by atoms with van der Waals surface area (Å²) in [6.07, 6.45) is 0. The highest BCUT2D eigenvalue weighted by molar-refractivity contribution is 7.89. The Morgan fingerprint density at radius 3 is 2.17 bits per heavy atom. The van der Waals surface area contributed by atoms with Gasteiger partial charge in [-0.2, -0.15) is 4.31 Å². The Morgan fingerprint density at radius 2 is 1.48 bits per heavy atom. The topological polar surface area (TPSA) is 57.7 Å². The molecule has 3 aromatic rings. The van der Waals surface area contributed by atoms with Crippen molar-refractivity contribution in [2.24, 2.45) is 0 Å². The molecule has 0 spiro atoms. The van der Waals surface area contributed by atoms with Gasteiger partial charge in [0, 0.05) is 31.7 Å². The number of rotatable bonds is 3. The molecule has 1 fully saturated rings. The second-order valence-corrected chi connectivity index (χ2v) is 8.77. The van der Waals surface area contributed by atoms with Gasteiger partial charge in [-0.1, -0.05) is 30.3 Å². The highest BCUT2D eigenvalue weighted by Gasteiger charge is 2.31. The molecule has 0 atom stereocenters. The van der Waals surface area contributed by atoms with Crippen molar-refractivity contribution >= 4 is 26.7 Å². The molecule has 8 heteroatoms. The van der Waals surface area contributed by atoms with Gasteiger partial charge in [0.2, 0.25) is 10.0 Å². The lowest BCUT2D eigenvalue weighted by atomic mass is 10.1. The van der Waals surface area contributed by atoms with Gasteiger partial charge in [-0.15, -0.1) is 0 Å². The summed E-state index contributed by atoms with van der Waals surface area (Å²) in [7, 11) is -3.96. The minimum atomic E-state index is -3.96. The Bertz CT molecular complexity index is 1190. The van der Waals surface area contributed by atoms with Gasteiger partial charge in [0.1, 0.15) is 0 Å². The third-order valence-corrected chi connectivity index (χ3v) is 6.95. The van der Waals surface area contributed by atoms with Gasteiger partial charge in [-0.25, -0.2) is 17.2 Å². The maximum absolute atomic E-state index is 13.4. The lowest BCUT2D eigenvalue weighted by molar-refractivity contribution is 0.0698. The van der Waals surface area contributed by atoms with E-state index in [9.17, 15) is 22.0 Å². The number of sulfonamides is 1. The molecule has 4 rings (SSSR count). The number of piperazine rings is 1. The Kier molecular flexibility index (Phi) is 5.06. The molecule has 1 aliphatic rings. The number of carbonyl (C=O) groups is 1. The molecule has 1 saturated heterocycles. The van der Waals surface area contributed by atoms with E-state index in [0.717, 1.165) is 22.9 Å². The predicted octanol–water partition coefficient (Wildman–Crippen LogP) is 3.26. The SMILES string of the molecule is O=C(c1ccc2ccccc2c1)N1CCN(S(=O)(=O)c2ccc(F)c(F)c2)CC1. The molecule has 0 aromatic heterocycles. The van der Waals surface area contributed by atoms with Gasteiger partial charge in [0.25, 0.3) is 5.91 Å². The Morgan fingerprint density at radius 1 is 0.793 bits per heavy atom. The molecule has 150 valence electrons. The average Bonchev–Trinajstić information content (AvgIpc) is 2.74. The minimum Gasteiger partial charge on any atom is -0.336 e. The van der Waals surface area contributed by atoms with Crippen molar-refractivity contribution in [3.05, 3.63) is 77.9 Å². The first kappa shape index (κ1) is 19.5. The first-order chi connectivity index (χ1) is 13.9. The Labute approximate surface area is 167 Å². The van der Waals surface area contributed by atoms with Gasteiger partial charge < -0.3 is 4.90 Å². The van der Waals surface area contributed by atoms with E-state index in [-0.39, 0.29) is 37.0 Å². The maximum atomic E-state index is 13.4. The number of hydrogen-bond acceptors (Lipinski definition) is 3. The van der Waals surface area contributed by atoms with Crippen LogP contribution in [0.4, 0.5) is 8.78 Å². The molecule has 0 aliphatic carbocycles. The highest BCUT2D eigenvalue weighted by Crippen LogP contribution is 2.21. The van der Waals surface area contributed by atoms with Crippen molar-refractivity contribution < 1.29 is 22.0 Å². The first-order valence-corrected chi connectivity index (χ1v) is 10.5. The predicted molar refractivity (Wildman–Crippen MR) is 105 cm³/mol. The van der Waals surface area contributed by atoms with Crippen LogP contribution in [0.2, 0.25) is 0 Å². The average molecular weight is 416 g/mol. The summed E-state index contributed by atoms with van der Waals surface area (Å²) in [5, 5.41) is 1.99. The molecule has 5 nitrogen and oxygen atoms in total. The summed E-state index contributed by atoms with van der Waals surface area (Å²) in [4.78, 5) is 14.1. The third-order valence-electron chi connectivity index (χ3n) is 5.05. The van der Waals surface area contributed by atoms with Crippen LogP contribution in [0.15, 0.2) is 65.6 Å². The number of halogens is 2. The van der Waals surface area contributed by atoms with E-state index in [2.05, 4.69) is 0 Å². The van der Waals surface area contributed by atoms with E-state index >= 15 is 0 Å². The fourth-order valence-corrected chi connectivity index (χ4v) is 4.86. The second-order valence-electron chi connectivity index (χ2n) is 6.83. The van der Waals surface area contributed by atoms with E-state index in [0.29, 0.717) is 11.6 Å². The second kappa shape index (κ2) is 7.53. The van der Waals surface area contributed by atoms with Crippen molar-refractivity contribution in [3.63, 3.8) is 0 Å². The zero-order valence-electron chi connectivity index (χ0n) is 15.4. The summed E-state index contributed by atoms with van der Waals surface area (Å²) in [6, 6.07) is 15.7. The van der Waals surface area contributed by atoms with Crippen molar-refractivity contribution in [2.75, 3.05) is 26.2 Å². The zero-order valence-corrected chi connectivity index (χ0v) is 16.2. The first-order valence-electron chi connectivity index (χ1n) is 9.09. The number of carbonyl (C=O) groups excluding carboxylic acids is 1. The molecule has 0 bridgehead atoms.